The standard InChI is InChI=1S/C16H26N6/c1-3-21-13-17-19-16(21)14-6-5-10-20(12-14)11-8-15-7-9-18-22(15)4-2/h7,9,13-14H,3-6,8,10-12H2,1-2H3/t14-/m0/s1. The Labute approximate surface area is 132 Å². The Kier molecular flexibility index (Phi) is 4.87. The van der Waals surface area contributed by atoms with Crippen LogP contribution in [-0.4, -0.2) is 49.1 Å². The van der Waals surface area contributed by atoms with E-state index in [2.05, 4.69) is 49.4 Å². The monoisotopic (exact) mass is 302 g/mol. The second-order valence-electron chi connectivity index (χ2n) is 6.00. The highest BCUT2D eigenvalue weighted by Gasteiger charge is 2.24. The maximum atomic E-state index is 4.35. The van der Waals surface area contributed by atoms with Gasteiger partial charge in [-0.05, 0) is 39.3 Å². The molecule has 0 aromatic carbocycles. The van der Waals surface area contributed by atoms with Crippen molar-refractivity contribution >= 4 is 0 Å². The quantitative estimate of drug-likeness (QED) is 0.818. The van der Waals surface area contributed by atoms with E-state index < -0.39 is 0 Å². The summed E-state index contributed by atoms with van der Waals surface area (Å²) in [6.07, 6.45) is 7.30. The summed E-state index contributed by atoms with van der Waals surface area (Å²) in [6.45, 7) is 9.59. The smallest absolute Gasteiger partial charge is 0.137 e. The molecule has 3 heterocycles. The minimum Gasteiger partial charge on any atom is -0.318 e. The maximum Gasteiger partial charge on any atom is 0.137 e. The Balaban J connectivity index is 1.59. The van der Waals surface area contributed by atoms with E-state index in [0.717, 1.165) is 38.4 Å². The summed E-state index contributed by atoms with van der Waals surface area (Å²) >= 11 is 0. The third kappa shape index (κ3) is 3.21. The molecule has 1 atom stereocenters. The third-order valence-electron chi connectivity index (χ3n) is 4.65. The fraction of sp³-hybridized carbons (Fsp3) is 0.688. The van der Waals surface area contributed by atoms with Crippen LogP contribution in [0.4, 0.5) is 0 Å². The van der Waals surface area contributed by atoms with Crippen LogP contribution in [0, 0.1) is 0 Å². The van der Waals surface area contributed by atoms with Crippen molar-refractivity contribution in [3.8, 4) is 0 Å². The van der Waals surface area contributed by atoms with E-state index in [1.807, 2.05) is 12.5 Å². The van der Waals surface area contributed by atoms with E-state index >= 15 is 0 Å². The summed E-state index contributed by atoms with van der Waals surface area (Å²) in [5.41, 5.74) is 1.33. The molecule has 0 unspecified atom stereocenters. The number of hydrogen-bond acceptors (Lipinski definition) is 4. The van der Waals surface area contributed by atoms with Gasteiger partial charge in [0.15, 0.2) is 0 Å². The van der Waals surface area contributed by atoms with Gasteiger partial charge in [0.1, 0.15) is 12.2 Å². The zero-order valence-corrected chi connectivity index (χ0v) is 13.6. The van der Waals surface area contributed by atoms with Gasteiger partial charge in [0.2, 0.25) is 0 Å². The number of piperidine rings is 1. The highest BCUT2D eigenvalue weighted by atomic mass is 15.3. The largest absolute Gasteiger partial charge is 0.318 e. The third-order valence-corrected chi connectivity index (χ3v) is 4.65. The van der Waals surface area contributed by atoms with Crippen LogP contribution in [0.25, 0.3) is 0 Å². The van der Waals surface area contributed by atoms with Crippen LogP contribution in [0.1, 0.15) is 44.1 Å². The summed E-state index contributed by atoms with van der Waals surface area (Å²) in [5.74, 6) is 1.68. The first-order valence-electron chi connectivity index (χ1n) is 8.42. The van der Waals surface area contributed by atoms with Crippen molar-refractivity contribution in [1.29, 1.82) is 0 Å². The Morgan fingerprint density at radius 1 is 1.27 bits per heavy atom. The number of nitrogens with zero attached hydrogens (tertiary/aromatic N) is 6. The molecular formula is C16H26N6. The van der Waals surface area contributed by atoms with Crippen molar-refractivity contribution in [2.45, 2.75) is 52.1 Å². The molecule has 1 aliphatic rings. The van der Waals surface area contributed by atoms with Gasteiger partial charge in [-0.25, -0.2) is 0 Å². The molecule has 6 heteroatoms. The van der Waals surface area contributed by atoms with Gasteiger partial charge in [-0.1, -0.05) is 0 Å². The van der Waals surface area contributed by atoms with Crippen LogP contribution in [0.2, 0.25) is 0 Å². The van der Waals surface area contributed by atoms with Gasteiger partial charge >= 0.3 is 0 Å². The van der Waals surface area contributed by atoms with Crippen LogP contribution >= 0.6 is 0 Å². The van der Waals surface area contributed by atoms with Crippen LogP contribution in [0.5, 0.6) is 0 Å². The van der Waals surface area contributed by atoms with E-state index in [1.165, 1.54) is 25.1 Å². The average Bonchev–Trinajstić information content (AvgIpc) is 3.21. The predicted molar refractivity (Wildman–Crippen MR) is 85.7 cm³/mol. The molecule has 0 spiro atoms. The lowest BCUT2D eigenvalue weighted by atomic mass is 9.97. The van der Waals surface area contributed by atoms with Crippen molar-refractivity contribution < 1.29 is 0 Å². The zero-order chi connectivity index (χ0) is 15.4. The van der Waals surface area contributed by atoms with Crippen molar-refractivity contribution in [2.24, 2.45) is 0 Å². The molecule has 0 aliphatic carbocycles. The van der Waals surface area contributed by atoms with Gasteiger partial charge in [0.25, 0.3) is 0 Å². The summed E-state index contributed by atoms with van der Waals surface area (Å²) < 4.78 is 4.27. The lowest BCUT2D eigenvalue weighted by molar-refractivity contribution is 0.203. The predicted octanol–water partition coefficient (Wildman–Crippen LogP) is 1.94. The van der Waals surface area contributed by atoms with Crippen molar-refractivity contribution in [3.63, 3.8) is 0 Å². The van der Waals surface area contributed by atoms with Gasteiger partial charge in [-0.3, -0.25) is 4.68 Å². The fourth-order valence-corrected chi connectivity index (χ4v) is 3.42. The molecule has 22 heavy (non-hydrogen) atoms. The molecule has 1 aliphatic heterocycles. The average molecular weight is 302 g/mol. The fourth-order valence-electron chi connectivity index (χ4n) is 3.42. The highest BCUT2D eigenvalue weighted by Crippen LogP contribution is 2.25. The molecule has 120 valence electrons. The molecule has 2 aromatic heterocycles. The zero-order valence-electron chi connectivity index (χ0n) is 13.6. The van der Waals surface area contributed by atoms with Crippen LogP contribution < -0.4 is 0 Å². The van der Waals surface area contributed by atoms with Gasteiger partial charge in [0.05, 0.1) is 0 Å². The summed E-state index contributed by atoms with van der Waals surface area (Å²) in [4.78, 5) is 2.57. The lowest BCUT2D eigenvalue weighted by Gasteiger charge is -2.32. The Hall–Kier alpha value is -1.69. The first-order chi connectivity index (χ1) is 10.8. The molecule has 3 rings (SSSR count). The van der Waals surface area contributed by atoms with E-state index in [0.29, 0.717) is 5.92 Å². The second-order valence-corrected chi connectivity index (χ2v) is 6.00. The molecular weight excluding hydrogens is 276 g/mol. The van der Waals surface area contributed by atoms with Crippen LogP contribution in [-0.2, 0) is 19.5 Å². The lowest BCUT2D eigenvalue weighted by Crippen LogP contribution is -2.36. The van der Waals surface area contributed by atoms with E-state index in [1.54, 1.807) is 0 Å². The molecule has 6 nitrogen and oxygen atoms in total. The van der Waals surface area contributed by atoms with E-state index in [-0.39, 0.29) is 0 Å². The molecule has 0 N–H and O–H groups in total. The molecule has 1 fully saturated rings. The van der Waals surface area contributed by atoms with Crippen LogP contribution in [0.15, 0.2) is 18.6 Å². The second kappa shape index (κ2) is 7.05. The maximum absolute atomic E-state index is 4.35. The number of hydrogen-bond donors (Lipinski definition) is 0. The number of likely N-dealkylation sites (tertiary alicyclic amines) is 1. The minimum atomic E-state index is 0.521. The van der Waals surface area contributed by atoms with E-state index in [9.17, 15) is 0 Å². The molecule has 0 amide bonds. The van der Waals surface area contributed by atoms with Crippen molar-refractivity contribution in [1.82, 2.24) is 29.4 Å². The van der Waals surface area contributed by atoms with Crippen molar-refractivity contribution in [3.05, 3.63) is 30.1 Å². The van der Waals surface area contributed by atoms with E-state index in [4.69, 9.17) is 0 Å². The Morgan fingerprint density at radius 2 is 2.18 bits per heavy atom. The minimum absolute atomic E-state index is 0.521. The number of rotatable bonds is 6. The summed E-state index contributed by atoms with van der Waals surface area (Å²) in [7, 11) is 0. The van der Waals surface area contributed by atoms with Crippen LogP contribution in [0.3, 0.4) is 0 Å². The summed E-state index contributed by atoms with van der Waals surface area (Å²) in [6, 6.07) is 2.14. The Morgan fingerprint density at radius 3 is 3.00 bits per heavy atom. The number of aryl methyl sites for hydroxylation is 2. The molecule has 0 saturated carbocycles. The first kappa shape index (κ1) is 15.2. The first-order valence-corrected chi connectivity index (χ1v) is 8.42. The van der Waals surface area contributed by atoms with Gasteiger partial charge in [0, 0.05) is 50.4 Å². The van der Waals surface area contributed by atoms with Gasteiger partial charge in [-0.2, -0.15) is 5.10 Å². The topological polar surface area (TPSA) is 51.8 Å². The van der Waals surface area contributed by atoms with Gasteiger partial charge in [-0.15, -0.1) is 10.2 Å². The Bertz CT molecular complexity index is 587. The normalized spacial score (nSPS) is 19.6. The molecule has 1 saturated heterocycles. The van der Waals surface area contributed by atoms with Gasteiger partial charge < -0.3 is 9.47 Å². The molecule has 0 bridgehead atoms. The summed E-state index contributed by atoms with van der Waals surface area (Å²) in [5, 5.41) is 12.8. The molecule has 0 radical (unpaired) electrons. The molecule has 2 aromatic rings. The van der Waals surface area contributed by atoms with Crippen molar-refractivity contribution in [2.75, 3.05) is 19.6 Å². The SMILES string of the molecule is CCn1cnnc1[C@H]1CCCN(CCc2ccnn2CC)C1. The number of aromatic nitrogens is 5. The highest BCUT2D eigenvalue weighted by molar-refractivity contribution is 5.03.